The van der Waals surface area contributed by atoms with Crippen molar-refractivity contribution in [3.8, 4) is 0 Å². The van der Waals surface area contributed by atoms with Gasteiger partial charge in [-0.3, -0.25) is 4.79 Å². The highest BCUT2D eigenvalue weighted by Gasteiger charge is 2.12. The monoisotopic (exact) mass is 350 g/mol. The number of rotatable bonds is 5. The summed E-state index contributed by atoms with van der Waals surface area (Å²) in [5, 5.41) is 2.69. The summed E-state index contributed by atoms with van der Waals surface area (Å²) in [5.74, 6) is -0.606. The predicted octanol–water partition coefficient (Wildman–Crippen LogP) is 2.37. The maximum atomic E-state index is 11.8. The van der Waals surface area contributed by atoms with Crippen LogP contribution in [0, 0.1) is 0 Å². The second kappa shape index (κ2) is 7.08. The van der Waals surface area contributed by atoms with Crippen LogP contribution in [0.25, 0.3) is 0 Å². The van der Waals surface area contributed by atoms with Gasteiger partial charge in [0.05, 0.1) is 6.54 Å². The molecule has 0 saturated carbocycles. The molecule has 2 aromatic rings. The van der Waals surface area contributed by atoms with Crippen LogP contribution in [0.2, 0.25) is 0 Å². The van der Waals surface area contributed by atoms with Crippen molar-refractivity contribution in [1.82, 2.24) is 9.88 Å². The summed E-state index contributed by atoms with van der Waals surface area (Å²) in [4.78, 5) is 23.6. The third-order valence-corrected chi connectivity index (χ3v) is 3.27. The molecule has 110 valence electrons. The van der Waals surface area contributed by atoms with Crippen LogP contribution in [-0.2, 0) is 11.8 Å². The zero-order valence-electron chi connectivity index (χ0n) is 11.5. The van der Waals surface area contributed by atoms with Gasteiger partial charge in [-0.15, -0.1) is 0 Å². The summed E-state index contributed by atoms with van der Waals surface area (Å²) in [6.45, 7) is 0.394. The second-order valence-corrected chi connectivity index (χ2v) is 5.33. The topological polar surface area (TPSA) is 60.3 Å². The fraction of sp³-hybridized carbons (Fsp3) is 0.200. The van der Waals surface area contributed by atoms with Crippen molar-refractivity contribution in [3.63, 3.8) is 0 Å². The molecule has 0 atom stereocenters. The van der Waals surface area contributed by atoms with Crippen LogP contribution in [0.15, 0.2) is 47.1 Å². The van der Waals surface area contributed by atoms with E-state index in [0.717, 1.165) is 4.47 Å². The standard InChI is InChI=1S/C15H15BrN2O3/c1-18-10-12(16)9-13(18)15(20)21-8-7-17-14(19)11-5-3-2-4-6-11/h2-6,9-10H,7-8H2,1H3,(H,17,19). The number of hydrogen-bond donors (Lipinski definition) is 1. The molecule has 0 aliphatic heterocycles. The van der Waals surface area contributed by atoms with E-state index in [4.69, 9.17) is 4.74 Å². The van der Waals surface area contributed by atoms with E-state index in [1.807, 2.05) is 6.07 Å². The third kappa shape index (κ3) is 4.19. The Balaban J connectivity index is 1.76. The van der Waals surface area contributed by atoms with Crippen LogP contribution in [0.1, 0.15) is 20.8 Å². The van der Waals surface area contributed by atoms with Gasteiger partial charge < -0.3 is 14.6 Å². The summed E-state index contributed by atoms with van der Waals surface area (Å²) in [7, 11) is 1.76. The number of amides is 1. The molecule has 0 spiro atoms. The van der Waals surface area contributed by atoms with E-state index >= 15 is 0 Å². The fourth-order valence-electron chi connectivity index (χ4n) is 1.80. The van der Waals surface area contributed by atoms with E-state index in [1.54, 1.807) is 48.1 Å². The van der Waals surface area contributed by atoms with Crippen molar-refractivity contribution in [2.45, 2.75) is 0 Å². The Labute approximate surface area is 131 Å². The Bertz CT molecular complexity index is 638. The molecule has 1 aromatic carbocycles. The van der Waals surface area contributed by atoms with Crippen LogP contribution in [0.4, 0.5) is 0 Å². The molecule has 0 fully saturated rings. The molecule has 1 heterocycles. The van der Waals surface area contributed by atoms with Gasteiger partial charge in [-0.1, -0.05) is 18.2 Å². The first-order chi connectivity index (χ1) is 10.1. The van der Waals surface area contributed by atoms with Crippen molar-refractivity contribution >= 4 is 27.8 Å². The molecule has 5 nitrogen and oxygen atoms in total. The van der Waals surface area contributed by atoms with Crippen LogP contribution in [-0.4, -0.2) is 29.6 Å². The average Bonchev–Trinajstić information content (AvgIpc) is 2.83. The van der Waals surface area contributed by atoms with Gasteiger partial charge in [-0.05, 0) is 34.1 Å². The van der Waals surface area contributed by atoms with E-state index in [2.05, 4.69) is 21.2 Å². The SMILES string of the molecule is Cn1cc(Br)cc1C(=O)OCCNC(=O)c1ccccc1. The smallest absolute Gasteiger partial charge is 0.355 e. The van der Waals surface area contributed by atoms with Gasteiger partial charge in [0, 0.05) is 23.3 Å². The highest BCUT2D eigenvalue weighted by Crippen LogP contribution is 2.14. The highest BCUT2D eigenvalue weighted by molar-refractivity contribution is 9.10. The molecule has 1 aromatic heterocycles. The van der Waals surface area contributed by atoms with Gasteiger partial charge in [0.2, 0.25) is 0 Å². The summed E-state index contributed by atoms with van der Waals surface area (Å²) < 4.78 is 7.60. The minimum atomic E-state index is -0.419. The van der Waals surface area contributed by atoms with Crippen LogP contribution >= 0.6 is 15.9 Å². The number of nitrogens with one attached hydrogen (secondary N) is 1. The molecule has 0 bridgehead atoms. The molecule has 0 radical (unpaired) electrons. The molecule has 21 heavy (non-hydrogen) atoms. The Morgan fingerprint density at radius 3 is 2.62 bits per heavy atom. The van der Waals surface area contributed by atoms with Gasteiger partial charge in [0.15, 0.2) is 0 Å². The van der Waals surface area contributed by atoms with Crippen LogP contribution in [0.5, 0.6) is 0 Å². The summed E-state index contributed by atoms with van der Waals surface area (Å²) in [6.07, 6.45) is 1.77. The fourth-order valence-corrected chi connectivity index (χ4v) is 2.32. The van der Waals surface area contributed by atoms with Crippen molar-refractivity contribution < 1.29 is 14.3 Å². The third-order valence-electron chi connectivity index (χ3n) is 2.84. The number of halogens is 1. The lowest BCUT2D eigenvalue weighted by Gasteiger charge is -2.07. The molecule has 6 heteroatoms. The number of benzene rings is 1. The van der Waals surface area contributed by atoms with Crippen molar-refractivity contribution in [1.29, 1.82) is 0 Å². The normalized spacial score (nSPS) is 10.2. The number of carbonyl (C=O) groups is 2. The molecular formula is C15H15BrN2O3. The van der Waals surface area contributed by atoms with E-state index in [0.29, 0.717) is 11.3 Å². The first kappa shape index (κ1) is 15.3. The van der Waals surface area contributed by atoms with Gasteiger partial charge in [0.25, 0.3) is 5.91 Å². The first-order valence-electron chi connectivity index (χ1n) is 6.40. The second-order valence-electron chi connectivity index (χ2n) is 4.41. The van der Waals surface area contributed by atoms with E-state index in [9.17, 15) is 9.59 Å². The minimum Gasteiger partial charge on any atom is -0.459 e. The van der Waals surface area contributed by atoms with Crippen molar-refractivity contribution in [3.05, 3.63) is 58.3 Å². The Morgan fingerprint density at radius 2 is 2.00 bits per heavy atom. The number of aromatic nitrogens is 1. The minimum absolute atomic E-state index is 0.125. The Kier molecular flexibility index (Phi) is 5.16. The molecule has 0 saturated heterocycles. The van der Waals surface area contributed by atoms with E-state index < -0.39 is 5.97 Å². The van der Waals surface area contributed by atoms with Crippen molar-refractivity contribution in [2.75, 3.05) is 13.2 Å². The Morgan fingerprint density at radius 1 is 1.29 bits per heavy atom. The number of nitrogens with zero attached hydrogens (tertiary/aromatic N) is 1. The quantitative estimate of drug-likeness (QED) is 0.665. The molecule has 0 aliphatic rings. The highest BCUT2D eigenvalue weighted by atomic mass is 79.9. The molecular weight excluding hydrogens is 336 g/mol. The number of ether oxygens (including phenoxy) is 1. The maximum absolute atomic E-state index is 11.8. The largest absolute Gasteiger partial charge is 0.459 e. The molecule has 2 rings (SSSR count). The van der Waals surface area contributed by atoms with E-state index in [-0.39, 0.29) is 19.1 Å². The summed E-state index contributed by atoms with van der Waals surface area (Å²) >= 11 is 3.29. The van der Waals surface area contributed by atoms with Crippen molar-refractivity contribution in [2.24, 2.45) is 7.05 Å². The Hall–Kier alpha value is -2.08. The number of hydrogen-bond acceptors (Lipinski definition) is 3. The molecule has 0 unspecified atom stereocenters. The maximum Gasteiger partial charge on any atom is 0.355 e. The lowest BCUT2D eigenvalue weighted by Crippen LogP contribution is -2.28. The zero-order valence-corrected chi connectivity index (χ0v) is 13.1. The van der Waals surface area contributed by atoms with Gasteiger partial charge in [-0.2, -0.15) is 0 Å². The number of carbonyl (C=O) groups excluding carboxylic acids is 2. The van der Waals surface area contributed by atoms with Crippen LogP contribution < -0.4 is 5.32 Å². The number of aryl methyl sites for hydroxylation is 1. The molecule has 0 aliphatic carbocycles. The summed E-state index contributed by atoms with van der Waals surface area (Å²) in [6, 6.07) is 10.6. The number of esters is 1. The lowest BCUT2D eigenvalue weighted by molar-refractivity contribution is 0.0492. The van der Waals surface area contributed by atoms with Gasteiger partial charge in [0.1, 0.15) is 12.3 Å². The molecule has 1 amide bonds. The lowest BCUT2D eigenvalue weighted by atomic mass is 10.2. The van der Waals surface area contributed by atoms with E-state index in [1.165, 1.54) is 0 Å². The molecule has 1 N–H and O–H groups in total. The van der Waals surface area contributed by atoms with Crippen LogP contribution in [0.3, 0.4) is 0 Å². The summed E-state index contributed by atoms with van der Waals surface area (Å²) in [5.41, 5.74) is 1.03. The average molecular weight is 351 g/mol. The van der Waals surface area contributed by atoms with Gasteiger partial charge in [-0.25, -0.2) is 4.79 Å². The first-order valence-corrected chi connectivity index (χ1v) is 7.19. The zero-order chi connectivity index (χ0) is 15.2. The predicted molar refractivity (Wildman–Crippen MR) is 82.2 cm³/mol. The van der Waals surface area contributed by atoms with Gasteiger partial charge >= 0.3 is 5.97 Å².